The van der Waals surface area contributed by atoms with E-state index in [0.717, 1.165) is 25.1 Å². The molecule has 0 spiro atoms. The molecule has 2 atom stereocenters. The number of esters is 1. The molecular formula is C22H25F5N4O3S. The van der Waals surface area contributed by atoms with Gasteiger partial charge in [-0.2, -0.15) is 13.2 Å². The predicted octanol–water partition coefficient (Wildman–Crippen LogP) is 5.70. The zero-order valence-electron chi connectivity index (χ0n) is 19.3. The van der Waals surface area contributed by atoms with E-state index in [1.54, 1.807) is 11.8 Å². The van der Waals surface area contributed by atoms with E-state index in [0.29, 0.717) is 17.9 Å². The lowest BCUT2D eigenvalue weighted by Crippen LogP contribution is -2.35. The summed E-state index contributed by atoms with van der Waals surface area (Å²) in [5, 5.41) is 1.95. The third kappa shape index (κ3) is 5.88. The Morgan fingerprint density at radius 3 is 2.57 bits per heavy atom. The van der Waals surface area contributed by atoms with Crippen molar-refractivity contribution in [1.82, 2.24) is 14.9 Å². The lowest BCUT2D eigenvalue weighted by molar-refractivity contribution is -0.142. The number of anilines is 1. The van der Waals surface area contributed by atoms with Crippen molar-refractivity contribution >= 4 is 29.0 Å². The molecule has 2 aromatic heterocycles. The number of nitrogens with zero attached hydrogens (tertiary/aromatic N) is 3. The molecule has 13 heteroatoms. The van der Waals surface area contributed by atoms with Gasteiger partial charge in [0, 0.05) is 29.9 Å². The Balaban J connectivity index is 2.09. The fourth-order valence-corrected chi connectivity index (χ4v) is 4.80. The number of rotatable bonds is 8. The Kier molecular flexibility index (Phi) is 8.29. The lowest BCUT2D eigenvalue weighted by atomic mass is 10.1. The number of amides is 1. The van der Waals surface area contributed by atoms with Gasteiger partial charge in [0.25, 0.3) is 12.3 Å². The molecule has 3 rings (SSSR count). The molecule has 35 heavy (non-hydrogen) atoms. The maximum atomic E-state index is 14.0. The van der Waals surface area contributed by atoms with Crippen LogP contribution in [0.4, 0.5) is 27.8 Å². The van der Waals surface area contributed by atoms with Gasteiger partial charge in [-0.05, 0) is 39.2 Å². The summed E-state index contributed by atoms with van der Waals surface area (Å²) in [7, 11) is 0. The van der Waals surface area contributed by atoms with Gasteiger partial charge in [0.15, 0.2) is 0 Å². The van der Waals surface area contributed by atoms with Gasteiger partial charge in [-0.15, -0.1) is 11.3 Å². The molecule has 0 radical (unpaired) electrons. The number of hydrogen-bond acceptors (Lipinski definition) is 7. The minimum atomic E-state index is -4.60. The van der Waals surface area contributed by atoms with E-state index >= 15 is 0 Å². The minimum Gasteiger partial charge on any atom is -0.461 e. The van der Waals surface area contributed by atoms with Crippen LogP contribution in [0.25, 0.3) is 10.4 Å². The van der Waals surface area contributed by atoms with Gasteiger partial charge in [-0.1, -0.05) is 6.92 Å². The highest BCUT2D eigenvalue weighted by Gasteiger charge is 2.39. The highest BCUT2D eigenvalue weighted by Crippen LogP contribution is 2.39. The molecule has 2 aromatic rings. The van der Waals surface area contributed by atoms with E-state index in [1.165, 1.54) is 6.92 Å². The average molecular weight is 521 g/mol. The number of halogens is 5. The van der Waals surface area contributed by atoms with Crippen LogP contribution >= 0.6 is 11.3 Å². The van der Waals surface area contributed by atoms with E-state index in [9.17, 15) is 31.5 Å². The summed E-state index contributed by atoms with van der Waals surface area (Å²) in [6.45, 7) is 5.23. The van der Waals surface area contributed by atoms with Crippen molar-refractivity contribution in [3.8, 4) is 10.4 Å². The van der Waals surface area contributed by atoms with Crippen LogP contribution in [0.15, 0.2) is 12.3 Å². The first kappa shape index (κ1) is 26.8. The van der Waals surface area contributed by atoms with Crippen LogP contribution in [0.3, 0.4) is 0 Å². The van der Waals surface area contributed by atoms with Gasteiger partial charge in [-0.25, -0.2) is 23.5 Å². The SMILES string of the molecule is CCOC(=O)c1nc(C(=O)N2CCC[C@@H]2C)c(-c2cnc(N[C@@H](CC)C(F)(F)F)cc2C(F)F)s1. The minimum absolute atomic E-state index is 0.0191. The first-order valence-corrected chi connectivity index (χ1v) is 11.9. The second kappa shape index (κ2) is 10.8. The maximum Gasteiger partial charge on any atom is 0.408 e. The van der Waals surface area contributed by atoms with Crippen molar-refractivity contribution < 1.29 is 36.3 Å². The van der Waals surface area contributed by atoms with Crippen LogP contribution in [0.2, 0.25) is 0 Å². The van der Waals surface area contributed by atoms with Crippen molar-refractivity contribution in [3.05, 3.63) is 28.5 Å². The number of carbonyl (C=O) groups is 2. The topological polar surface area (TPSA) is 84.4 Å². The molecule has 0 aromatic carbocycles. The quantitative estimate of drug-likeness (QED) is 0.355. The molecule has 192 valence electrons. The molecule has 1 N–H and O–H groups in total. The molecule has 0 unspecified atom stereocenters. The van der Waals surface area contributed by atoms with Crippen LogP contribution in [0.5, 0.6) is 0 Å². The van der Waals surface area contributed by atoms with Gasteiger partial charge in [0.05, 0.1) is 11.5 Å². The molecule has 7 nitrogen and oxygen atoms in total. The third-order valence-electron chi connectivity index (χ3n) is 5.63. The van der Waals surface area contributed by atoms with Crippen LogP contribution in [0.1, 0.15) is 72.3 Å². The molecular weight excluding hydrogens is 495 g/mol. The summed E-state index contributed by atoms with van der Waals surface area (Å²) in [5.74, 6) is -1.72. The Morgan fingerprint density at radius 1 is 1.31 bits per heavy atom. The van der Waals surface area contributed by atoms with Crippen molar-refractivity contribution in [1.29, 1.82) is 0 Å². The molecule has 0 bridgehead atoms. The number of pyridine rings is 1. The number of thiazole rings is 1. The van der Waals surface area contributed by atoms with E-state index in [-0.39, 0.29) is 46.0 Å². The molecule has 1 amide bonds. The van der Waals surface area contributed by atoms with Crippen LogP contribution in [-0.2, 0) is 4.74 Å². The van der Waals surface area contributed by atoms with Gasteiger partial charge in [0.1, 0.15) is 17.6 Å². The first-order chi connectivity index (χ1) is 16.5. The van der Waals surface area contributed by atoms with Gasteiger partial charge >= 0.3 is 12.1 Å². The first-order valence-electron chi connectivity index (χ1n) is 11.1. The number of carbonyl (C=O) groups excluding carboxylic acids is 2. The highest BCUT2D eigenvalue weighted by atomic mass is 32.1. The average Bonchev–Trinajstić information content (AvgIpc) is 3.43. The van der Waals surface area contributed by atoms with Crippen molar-refractivity contribution in [3.63, 3.8) is 0 Å². The standard InChI is InChI=1S/C22H25F5N4O3S/c1-4-14(22(25,26)27)29-15-9-12(18(23)24)13(10-28-15)17-16(20(32)31-8-6-7-11(31)3)30-19(35-17)21(33)34-5-2/h9-11,14,18H,4-8H2,1-3H3,(H,28,29)/t11-,14-/m0/s1. The summed E-state index contributed by atoms with van der Waals surface area (Å²) in [6, 6.07) is -1.25. The number of nitrogens with one attached hydrogen (secondary N) is 1. The van der Waals surface area contributed by atoms with Crippen molar-refractivity contribution in [2.75, 3.05) is 18.5 Å². The maximum absolute atomic E-state index is 14.0. The number of ether oxygens (including phenoxy) is 1. The fraction of sp³-hybridized carbons (Fsp3) is 0.545. The zero-order valence-corrected chi connectivity index (χ0v) is 20.1. The van der Waals surface area contributed by atoms with Crippen molar-refractivity contribution in [2.24, 2.45) is 0 Å². The zero-order chi connectivity index (χ0) is 25.9. The van der Waals surface area contributed by atoms with Crippen LogP contribution in [-0.4, -0.2) is 58.2 Å². The molecule has 0 saturated carbocycles. The van der Waals surface area contributed by atoms with Gasteiger partial charge in [-0.3, -0.25) is 4.79 Å². The second-order valence-corrected chi connectivity index (χ2v) is 9.01. The van der Waals surface area contributed by atoms with Gasteiger partial charge in [0.2, 0.25) is 5.01 Å². The molecule has 1 fully saturated rings. The Labute approximate surface area is 202 Å². The van der Waals surface area contributed by atoms with E-state index in [1.807, 2.05) is 6.92 Å². The number of hydrogen-bond donors (Lipinski definition) is 1. The molecule has 1 aliphatic heterocycles. The number of aromatic nitrogens is 2. The summed E-state index contributed by atoms with van der Waals surface area (Å²) in [6.07, 6.45) is -5.53. The van der Waals surface area contributed by atoms with Crippen LogP contribution in [0, 0.1) is 0 Å². The lowest BCUT2D eigenvalue weighted by Gasteiger charge is -2.22. The Morgan fingerprint density at radius 2 is 2.03 bits per heavy atom. The van der Waals surface area contributed by atoms with E-state index in [4.69, 9.17) is 4.74 Å². The van der Waals surface area contributed by atoms with Gasteiger partial charge < -0.3 is 15.0 Å². The second-order valence-electron chi connectivity index (χ2n) is 8.01. The highest BCUT2D eigenvalue weighted by molar-refractivity contribution is 7.17. The summed E-state index contributed by atoms with van der Waals surface area (Å²) in [5.41, 5.74) is -1.02. The molecule has 3 heterocycles. The van der Waals surface area contributed by atoms with Crippen molar-refractivity contribution in [2.45, 2.75) is 64.7 Å². The Hall–Kier alpha value is -2.83. The normalized spacial score (nSPS) is 17.1. The molecule has 0 aliphatic carbocycles. The summed E-state index contributed by atoms with van der Waals surface area (Å²) >= 11 is 0.702. The van der Waals surface area contributed by atoms with E-state index in [2.05, 4.69) is 15.3 Å². The predicted molar refractivity (Wildman–Crippen MR) is 120 cm³/mol. The number of alkyl halides is 5. The monoisotopic (exact) mass is 520 g/mol. The molecule has 1 saturated heterocycles. The smallest absolute Gasteiger partial charge is 0.408 e. The molecule has 1 aliphatic rings. The van der Waals surface area contributed by atoms with E-state index < -0.39 is 36.1 Å². The summed E-state index contributed by atoms with van der Waals surface area (Å²) in [4.78, 5) is 35.1. The fourth-order valence-electron chi connectivity index (χ4n) is 3.81. The summed E-state index contributed by atoms with van der Waals surface area (Å²) < 4.78 is 72.5. The Bertz CT molecular complexity index is 1080. The van der Waals surface area contributed by atoms with Crippen LogP contribution < -0.4 is 5.32 Å². The number of likely N-dealkylation sites (tertiary alicyclic amines) is 1. The largest absolute Gasteiger partial charge is 0.461 e. The third-order valence-corrected chi connectivity index (χ3v) is 6.70.